The summed E-state index contributed by atoms with van der Waals surface area (Å²) in [5, 5.41) is 11.5. The van der Waals surface area contributed by atoms with Crippen LogP contribution in [0, 0.1) is 23.7 Å². The number of hydrogen-bond acceptors (Lipinski definition) is 2. The largest absolute Gasteiger partial charge is 0.384 e. The molecule has 2 unspecified atom stereocenters. The lowest BCUT2D eigenvalue weighted by Gasteiger charge is -2.04. The van der Waals surface area contributed by atoms with Gasteiger partial charge >= 0.3 is 0 Å². The van der Waals surface area contributed by atoms with Crippen molar-refractivity contribution in [1.82, 2.24) is 5.32 Å². The first-order valence-electron chi connectivity index (χ1n) is 6.18. The number of carbonyl (C=O) groups excluding carboxylic acids is 1. The van der Waals surface area contributed by atoms with E-state index >= 15 is 0 Å². The Labute approximate surface area is 107 Å². The average molecular weight is 243 g/mol. The van der Waals surface area contributed by atoms with E-state index in [0.29, 0.717) is 11.5 Å². The molecule has 0 heterocycles. The minimum absolute atomic E-state index is 0.0317. The van der Waals surface area contributed by atoms with Crippen LogP contribution in [0.2, 0.25) is 0 Å². The van der Waals surface area contributed by atoms with Crippen LogP contribution >= 0.6 is 0 Å². The lowest BCUT2D eigenvalue weighted by Crippen LogP contribution is -2.25. The van der Waals surface area contributed by atoms with Gasteiger partial charge in [0.05, 0.1) is 0 Å². The second kappa shape index (κ2) is 5.70. The minimum Gasteiger partial charge on any atom is -0.384 e. The molecule has 2 atom stereocenters. The van der Waals surface area contributed by atoms with Crippen LogP contribution in [0.1, 0.15) is 29.3 Å². The molecule has 1 aliphatic carbocycles. The monoisotopic (exact) mass is 243 g/mol. The van der Waals surface area contributed by atoms with Gasteiger partial charge in [-0.1, -0.05) is 18.8 Å². The molecular formula is C15H17NO2. The highest BCUT2D eigenvalue weighted by Gasteiger charge is 2.32. The lowest BCUT2D eigenvalue weighted by molar-refractivity contribution is 0.0951. The van der Waals surface area contributed by atoms with Gasteiger partial charge in [0.15, 0.2) is 0 Å². The first-order chi connectivity index (χ1) is 8.70. The van der Waals surface area contributed by atoms with E-state index in [-0.39, 0.29) is 12.5 Å². The molecule has 2 N–H and O–H groups in total. The third kappa shape index (κ3) is 3.35. The maximum Gasteiger partial charge on any atom is 0.251 e. The third-order valence-corrected chi connectivity index (χ3v) is 3.26. The first-order valence-corrected chi connectivity index (χ1v) is 6.18. The summed E-state index contributed by atoms with van der Waals surface area (Å²) in [6.07, 6.45) is 1.22. The molecule has 0 aliphatic heterocycles. The number of hydrogen-bond donors (Lipinski definition) is 2. The molecule has 1 aliphatic rings. The van der Waals surface area contributed by atoms with E-state index in [1.807, 2.05) is 0 Å². The van der Waals surface area contributed by atoms with Crippen molar-refractivity contribution in [3.05, 3.63) is 35.4 Å². The number of aliphatic hydroxyl groups excluding tert-OH is 1. The molecule has 0 bridgehead atoms. The minimum atomic E-state index is -0.151. The fourth-order valence-corrected chi connectivity index (χ4v) is 1.86. The molecule has 0 radical (unpaired) electrons. The van der Waals surface area contributed by atoms with Gasteiger partial charge in [0.2, 0.25) is 0 Å². The Bertz CT molecular complexity index is 481. The molecule has 1 saturated carbocycles. The smallest absolute Gasteiger partial charge is 0.251 e. The van der Waals surface area contributed by atoms with Crippen molar-refractivity contribution in [1.29, 1.82) is 0 Å². The lowest BCUT2D eigenvalue weighted by atomic mass is 10.1. The topological polar surface area (TPSA) is 49.3 Å². The summed E-state index contributed by atoms with van der Waals surface area (Å²) in [4.78, 5) is 11.8. The van der Waals surface area contributed by atoms with E-state index in [1.165, 1.54) is 6.42 Å². The molecule has 0 saturated heterocycles. The predicted octanol–water partition coefficient (Wildman–Crippen LogP) is 1.42. The molecule has 1 amide bonds. The van der Waals surface area contributed by atoms with Gasteiger partial charge in [0, 0.05) is 17.7 Å². The Morgan fingerprint density at radius 1 is 1.44 bits per heavy atom. The van der Waals surface area contributed by atoms with Gasteiger partial charge in [-0.3, -0.25) is 4.79 Å². The van der Waals surface area contributed by atoms with Crippen molar-refractivity contribution in [2.24, 2.45) is 11.8 Å². The number of benzene rings is 1. The zero-order valence-electron chi connectivity index (χ0n) is 10.4. The molecule has 1 fully saturated rings. The van der Waals surface area contributed by atoms with E-state index < -0.39 is 0 Å². The van der Waals surface area contributed by atoms with Crippen molar-refractivity contribution >= 4 is 5.91 Å². The highest BCUT2D eigenvalue weighted by Crippen LogP contribution is 2.36. The van der Waals surface area contributed by atoms with Gasteiger partial charge < -0.3 is 10.4 Å². The molecule has 3 nitrogen and oxygen atoms in total. The molecule has 0 spiro atoms. The molecule has 18 heavy (non-hydrogen) atoms. The highest BCUT2D eigenvalue weighted by atomic mass is 16.2. The van der Waals surface area contributed by atoms with Crippen LogP contribution in [0.4, 0.5) is 0 Å². The van der Waals surface area contributed by atoms with E-state index in [0.717, 1.165) is 18.0 Å². The number of aliphatic hydroxyl groups is 1. The van der Waals surface area contributed by atoms with Crippen LogP contribution in [0.5, 0.6) is 0 Å². The Balaban J connectivity index is 1.89. The van der Waals surface area contributed by atoms with E-state index in [1.54, 1.807) is 24.3 Å². The van der Waals surface area contributed by atoms with E-state index in [4.69, 9.17) is 5.11 Å². The number of carbonyl (C=O) groups is 1. The maximum atomic E-state index is 11.8. The Hall–Kier alpha value is -1.79. The molecule has 1 aromatic carbocycles. The van der Waals surface area contributed by atoms with Crippen molar-refractivity contribution in [2.75, 3.05) is 13.2 Å². The van der Waals surface area contributed by atoms with Crippen LogP contribution in [0.15, 0.2) is 24.3 Å². The summed E-state index contributed by atoms with van der Waals surface area (Å²) in [7, 11) is 0. The number of rotatable bonds is 3. The quantitative estimate of drug-likeness (QED) is 0.789. The van der Waals surface area contributed by atoms with Crippen LogP contribution in [-0.4, -0.2) is 24.2 Å². The summed E-state index contributed by atoms with van der Waals surface area (Å²) in [5.41, 5.74) is 1.45. The number of nitrogens with one attached hydrogen (secondary N) is 1. The molecule has 0 aromatic heterocycles. The van der Waals surface area contributed by atoms with E-state index in [9.17, 15) is 4.79 Å². The maximum absolute atomic E-state index is 11.8. The Morgan fingerprint density at radius 3 is 2.67 bits per heavy atom. The van der Waals surface area contributed by atoms with Gasteiger partial charge in [0.1, 0.15) is 6.61 Å². The molecular weight excluding hydrogens is 226 g/mol. The molecule has 94 valence electrons. The van der Waals surface area contributed by atoms with Crippen molar-refractivity contribution < 1.29 is 9.90 Å². The second-order valence-corrected chi connectivity index (χ2v) is 4.72. The summed E-state index contributed by atoms with van der Waals surface area (Å²) >= 11 is 0. The van der Waals surface area contributed by atoms with E-state index in [2.05, 4.69) is 24.1 Å². The summed E-state index contributed by atoms with van der Waals surface area (Å²) < 4.78 is 0. The first kappa shape index (κ1) is 12.7. The van der Waals surface area contributed by atoms with Crippen LogP contribution < -0.4 is 5.32 Å². The molecule has 3 heteroatoms. The zero-order valence-corrected chi connectivity index (χ0v) is 10.4. The zero-order chi connectivity index (χ0) is 13.0. The molecule has 2 rings (SSSR count). The van der Waals surface area contributed by atoms with Gasteiger partial charge in [-0.2, -0.15) is 0 Å². The van der Waals surface area contributed by atoms with Gasteiger partial charge in [-0.05, 0) is 42.5 Å². The van der Waals surface area contributed by atoms with Crippen LogP contribution in [0.25, 0.3) is 0 Å². The second-order valence-electron chi connectivity index (χ2n) is 4.72. The standard InChI is InChI=1S/C15H17NO2/c1-11-9-14(11)10-16-15(18)13-6-4-12(5-7-13)3-2-8-17/h4-7,11,14,17H,8-10H2,1H3,(H,16,18). The Morgan fingerprint density at radius 2 is 2.11 bits per heavy atom. The highest BCUT2D eigenvalue weighted by molar-refractivity contribution is 5.94. The summed E-state index contributed by atoms with van der Waals surface area (Å²) in [6.45, 7) is 2.82. The number of amides is 1. The fourth-order valence-electron chi connectivity index (χ4n) is 1.86. The Kier molecular flexibility index (Phi) is 4.01. The predicted molar refractivity (Wildman–Crippen MR) is 70.0 cm³/mol. The van der Waals surface area contributed by atoms with Gasteiger partial charge in [-0.25, -0.2) is 0 Å². The third-order valence-electron chi connectivity index (χ3n) is 3.26. The van der Waals surface area contributed by atoms with Crippen LogP contribution in [0.3, 0.4) is 0 Å². The van der Waals surface area contributed by atoms with Crippen molar-refractivity contribution in [2.45, 2.75) is 13.3 Å². The van der Waals surface area contributed by atoms with Crippen molar-refractivity contribution in [3.8, 4) is 11.8 Å². The SMILES string of the molecule is CC1CC1CNC(=O)c1ccc(C#CCO)cc1. The van der Waals surface area contributed by atoms with Crippen LogP contribution in [-0.2, 0) is 0 Å². The average Bonchev–Trinajstić information content (AvgIpc) is 3.10. The fraction of sp³-hybridized carbons (Fsp3) is 0.400. The normalized spacial score (nSPS) is 20.8. The summed E-state index contributed by atoms with van der Waals surface area (Å²) in [6, 6.07) is 7.09. The van der Waals surface area contributed by atoms with Gasteiger partial charge in [-0.15, -0.1) is 0 Å². The van der Waals surface area contributed by atoms with Gasteiger partial charge in [0.25, 0.3) is 5.91 Å². The summed E-state index contributed by atoms with van der Waals surface area (Å²) in [5.74, 6) is 6.74. The molecule has 1 aromatic rings. The van der Waals surface area contributed by atoms with Crippen molar-refractivity contribution in [3.63, 3.8) is 0 Å².